The van der Waals surface area contributed by atoms with Crippen molar-refractivity contribution >= 4 is 5.91 Å². The van der Waals surface area contributed by atoms with E-state index < -0.39 is 5.60 Å². The second-order valence-corrected chi connectivity index (χ2v) is 7.47. The molecule has 1 unspecified atom stereocenters. The molecule has 1 aromatic carbocycles. The van der Waals surface area contributed by atoms with E-state index in [2.05, 4.69) is 24.4 Å². The summed E-state index contributed by atoms with van der Waals surface area (Å²) in [5.74, 6) is 0.974. The molecule has 2 aliphatic rings. The summed E-state index contributed by atoms with van der Waals surface area (Å²) in [6.07, 6.45) is 5.89. The quantitative estimate of drug-likeness (QED) is 0.860. The molecule has 0 aromatic heterocycles. The molecule has 1 fully saturated rings. The van der Waals surface area contributed by atoms with E-state index >= 15 is 0 Å². The van der Waals surface area contributed by atoms with Gasteiger partial charge in [-0.15, -0.1) is 0 Å². The fourth-order valence-corrected chi connectivity index (χ4v) is 4.17. The number of hydrogen-bond acceptors (Lipinski definition) is 4. The van der Waals surface area contributed by atoms with Gasteiger partial charge in [-0.3, -0.25) is 4.79 Å². The van der Waals surface area contributed by atoms with Crippen LogP contribution in [0.5, 0.6) is 5.75 Å². The van der Waals surface area contributed by atoms with E-state index in [-0.39, 0.29) is 18.5 Å². The first kappa shape index (κ1) is 18.2. The summed E-state index contributed by atoms with van der Waals surface area (Å²) >= 11 is 0. The monoisotopic (exact) mass is 346 g/mol. The minimum absolute atomic E-state index is 0.0710. The van der Waals surface area contributed by atoms with E-state index in [1.54, 1.807) is 7.11 Å². The lowest BCUT2D eigenvalue weighted by molar-refractivity contribution is -0.133. The molecule has 0 saturated heterocycles. The molecule has 0 spiro atoms. The van der Waals surface area contributed by atoms with Gasteiger partial charge in [-0.05, 0) is 49.4 Å². The smallest absolute Gasteiger partial charge is 0.237 e. The highest BCUT2D eigenvalue weighted by molar-refractivity contribution is 5.79. The van der Waals surface area contributed by atoms with E-state index in [4.69, 9.17) is 4.74 Å². The highest BCUT2D eigenvalue weighted by Gasteiger charge is 2.30. The molecule has 138 valence electrons. The number of hydrogen-bond donors (Lipinski definition) is 2. The number of nitrogens with one attached hydrogen (secondary N) is 1. The standard InChI is InChI=1S/C20H30N2O3/c1-15-18-7-6-17(25-2)12-16(18)8-11-22(15)19(23)13-21-14-20(24)9-4-3-5-10-20/h6-7,12,15,21,24H,3-5,8-11,13-14H2,1-2H3. The van der Waals surface area contributed by atoms with Crippen molar-refractivity contribution in [3.63, 3.8) is 0 Å². The number of nitrogens with zero attached hydrogens (tertiary/aromatic N) is 1. The maximum atomic E-state index is 12.6. The van der Waals surface area contributed by atoms with Crippen LogP contribution in [0.3, 0.4) is 0 Å². The Hall–Kier alpha value is -1.59. The lowest BCUT2D eigenvalue weighted by Crippen LogP contribution is -2.47. The van der Waals surface area contributed by atoms with E-state index in [0.717, 1.165) is 44.4 Å². The van der Waals surface area contributed by atoms with Gasteiger partial charge in [-0.25, -0.2) is 0 Å². The van der Waals surface area contributed by atoms with Gasteiger partial charge in [0.1, 0.15) is 5.75 Å². The Morgan fingerprint density at radius 1 is 1.36 bits per heavy atom. The Balaban J connectivity index is 1.55. The molecule has 1 aliphatic heterocycles. The fraction of sp³-hybridized carbons (Fsp3) is 0.650. The molecule has 3 rings (SSSR count). The predicted molar refractivity (Wildman–Crippen MR) is 97.7 cm³/mol. The molecule has 1 aromatic rings. The highest BCUT2D eigenvalue weighted by atomic mass is 16.5. The molecule has 1 heterocycles. The van der Waals surface area contributed by atoms with Gasteiger partial charge in [-0.2, -0.15) is 0 Å². The maximum Gasteiger partial charge on any atom is 0.237 e. The summed E-state index contributed by atoms with van der Waals surface area (Å²) in [6.45, 7) is 3.61. The number of fused-ring (bicyclic) bond motifs is 1. The summed E-state index contributed by atoms with van der Waals surface area (Å²) in [6, 6.07) is 6.17. The van der Waals surface area contributed by atoms with Crippen LogP contribution in [-0.2, 0) is 11.2 Å². The van der Waals surface area contributed by atoms with E-state index in [1.807, 2.05) is 11.0 Å². The highest BCUT2D eigenvalue weighted by Crippen LogP contribution is 2.32. The number of rotatable bonds is 5. The third kappa shape index (κ3) is 4.15. The molecule has 25 heavy (non-hydrogen) atoms. The first-order valence-electron chi connectivity index (χ1n) is 9.42. The number of carbonyl (C=O) groups excluding carboxylic acids is 1. The van der Waals surface area contributed by atoms with Crippen molar-refractivity contribution in [3.8, 4) is 5.75 Å². The van der Waals surface area contributed by atoms with Crippen molar-refractivity contribution < 1.29 is 14.6 Å². The number of amides is 1. The summed E-state index contributed by atoms with van der Waals surface area (Å²) in [5.41, 5.74) is 1.83. The number of ether oxygens (including phenoxy) is 1. The summed E-state index contributed by atoms with van der Waals surface area (Å²) in [5, 5.41) is 13.7. The van der Waals surface area contributed by atoms with Crippen molar-refractivity contribution in [1.29, 1.82) is 0 Å². The minimum Gasteiger partial charge on any atom is -0.497 e. The van der Waals surface area contributed by atoms with E-state index in [0.29, 0.717) is 6.54 Å². The summed E-state index contributed by atoms with van der Waals surface area (Å²) in [7, 11) is 1.68. The SMILES string of the molecule is COc1ccc2c(c1)CCN(C(=O)CNCC1(O)CCCCC1)C2C. The molecule has 1 saturated carbocycles. The van der Waals surface area contributed by atoms with Crippen LogP contribution < -0.4 is 10.1 Å². The molecule has 0 radical (unpaired) electrons. The molecule has 5 nitrogen and oxygen atoms in total. The molecule has 1 amide bonds. The number of benzene rings is 1. The summed E-state index contributed by atoms with van der Waals surface area (Å²) in [4.78, 5) is 14.6. The molecule has 1 aliphatic carbocycles. The Morgan fingerprint density at radius 3 is 2.84 bits per heavy atom. The molecule has 5 heteroatoms. The topological polar surface area (TPSA) is 61.8 Å². The van der Waals surface area contributed by atoms with Crippen LogP contribution in [-0.4, -0.2) is 48.3 Å². The molecule has 2 N–H and O–H groups in total. The third-order valence-corrected chi connectivity index (χ3v) is 5.72. The van der Waals surface area contributed by atoms with Crippen LogP contribution in [0.1, 0.15) is 56.2 Å². The number of carbonyl (C=O) groups is 1. The second-order valence-electron chi connectivity index (χ2n) is 7.47. The van der Waals surface area contributed by atoms with Crippen molar-refractivity contribution in [2.45, 2.75) is 57.1 Å². The Morgan fingerprint density at radius 2 is 2.12 bits per heavy atom. The van der Waals surface area contributed by atoms with Crippen LogP contribution in [0.25, 0.3) is 0 Å². The van der Waals surface area contributed by atoms with Gasteiger partial charge in [-0.1, -0.05) is 25.3 Å². The average molecular weight is 346 g/mol. The zero-order chi connectivity index (χ0) is 17.9. The van der Waals surface area contributed by atoms with Crippen molar-refractivity contribution in [3.05, 3.63) is 29.3 Å². The lowest BCUT2D eigenvalue weighted by Gasteiger charge is -2.36. The first-order valence-corrected chi connectivity index (χ1v) is 9.42. The van der Waals surface area contributed by atoms with Crippen LogP contribution >= 0.6 is 0 Å². The maximum absolute atomic E-state index is 12.6. The van der Waals surface area contributed by atoms with Crippen LogP contribution in [0.2, 0.25) is 0 Å². The van der Waals surface area contributed by atoms with Crippen molar-refractivity contribution in [2.75, 3.05) is 26.7 Å². The normalized spacial score (nSPS) is 22.4. The Kier molecular flexibility index (Phi) is 5.64. The average Bonchev–Trinajstić information content (AvgIpc) is 2.62. The fourth-order valence-electron chi connectivity index (χ4n) is 4.17. The van der Waals surface area contributed by atoms with Crippen LogP contribution in [0, 0.1) is 0 Å². The zero-order valence-electron chi connectivity index (χ0n) is 15.4. The van der Waals surface area contributed by atoms with Crippen LogP contribution in [0.15, 0.2) is 18.2 Å². The number of aliphatic hydroxyl groups is 1. The Bertz CT molecular complexity index is 611. The van der Waals surface area contributed by atoms with E-state index in [1.165, 1.54) is 17.5 Å². The van der Waals surface area contributed by atoms with E-state index in [9.17, 15) is 9.90 Å². The number of methoxy groups -OCH3 is 1. The van der Waals surface area contributed by atoms with Crippen molar-refractivity contribution in [1.82, 2.24) is 10.2 Å². The first-order chi connectivity index (χ1) is 12.0. The lowest BCUT2D eigenvalue weighted by atomic mass is 9.85. The van der Waals surface area contributed by atoms with Gasteiger partial charge in [0.15, 0.2) is 0 Å². The van der Waals surface area contributed by atoms with Gasteiger partial charge in [0.2, 0.25) is 5.91 Å². The Labute approximate surface area is 150 Å². The summed E-state index contributed by atoms with van der Waals surface area (Å²) < 4.78 is 5.30. The molecular formula is C20H30N2O3. The largest absolute Gasteiger partial charge is 0.497 e. The van der Waals surface area contributed by atoms with Gasteiger partial charge < -0.3 is 20.1 Å². The minimum atomic E-state index is -0.630. The molecule has 1 atom stereocenters. The molecule has 0 bridgehead atoms. The van der Waals surface area contributed by atoms with Gasteiger partial charge in [0.05, 0.1) is 25.3 Å². The van der Waals surface area contributed by atoms with Crippen LogP contribution in [0.4, 0.5) is 0 Å². The second kappa shape index (κ2) is 7.75. The molecular weight excluding hydrogens is 316 g/mol. The van der Waals surface area contributed by atoms with Gasteiger partial charge >= 0.3 is 0 Å². The van der Waals surface area contributed by atoms with Gasteiger partial charge in [0, 0.05) is 13.1 Å². The predicted octanol–water partition coefficient (Wildman–Crippen LogP) is 2.43. The zero-order valence-corrected chi connectivity index (χ0v) is 15.4. The third-order valence-electron chi connectivity index (χ3n) is 5.72. The van der Waals surface area contributed by atoms with Gasteiger partial charge in [0.25, 0.3) is 0 Å². The van der Waals surface area contributed by atoms with Crippen molar-refractivity contribution in [2.24, 2.45) is 0 Å².